The van der Waals surface area contributed by atoms with Crippen LogP contribution in [0.2, 0.25) is 0 Å². The Morgan fingerprint density at radius 3 is 2.50 bits per heavy atom. The van der Waals surface area contributed by atoms with Crippen LogP contribution in [0.4, 0.5) is 0 Å². The van der Waals surface area contributed by atoms with E-state index in [1.807, 2.05) is 24.3 Å². The zero-order valence-corrected chi connectivity index (χ0v) is 12.4. The van der Waals surface area contributed by atoms with Gasteiger partial charge in [0.15, 0.2) is 11.5 Å². The summed E-state index contributed by atoms with van der Waals surface area (Å²) in [5.74, 6) is 1.54. The highest BCUT2D eigenvalue weighted by Gasteiger charge is 2.23. The molecule has 1 saturated carbocycles. The Kier molecular flexibility index (Phi) is 6.19. The normalized spacial score (nSPS) is 23.7. The van der Waals surface area contributed by atoms with Crippen molar-refractivity contribution in [1.82, 2.24) is 0 Å². The van der Waals surface area contributed by atoms with Gasteiger partial charge in [0, 0.05) is 0 Å². The van der Waals surface area contributed by atoms with Crippen molar-refractivity contribution in [2.45, 2.75) is 64.1 Å². The summed E-state index contributed by atoms with van der Waals surface area (Å²) >= 11 is 0. The van der Waals surface area contributed by atoms with Crippen molar-refractivity contribution in [3.8, 4) is 11.5 Å². The maximum Gasteiger partial charge on any atom is 0.161 e. The molecule has 0 bridgehead atoms. The average Bonchev–Trinajstić information content (AvgIpc) is 2.46. The van der Waals surface area contributed by atoms with E-state index in [9.17, 15) is 5.11 Å². The maximum absolute atomic E-state index is 10.2. The van der Waals surface area contributed by atoms with E-state index >= 15 is 0 Å². The summed E-state index contributed by atoms with van der Waals surface area (Å²) in [4.78, 5) is 0. The molecule has 20 heavy (non-hydrogen) atoms. The largest absolute Gasteiger partial charge is 0.490 e. The van der Waals surface area contributed by atoms with Crippen LogP contribution in [-0.4, -0.2) is 23.9 Å². The molecule has 2 atom stereocenters. The Bertz CT molecular complexity index is 392. The van der Waals surface area contributed by atoms with E-state index < -0.39 is 0 Å². The fourth-order valence-electron chi connectivity index (χ4n) is 2.61. The summed E-state index contributed by atoms with van der Waals surface area (Å²) in [6.45, 7) is 2.77. The minimum atomic E-state index is -0.366. The van der Waals surface area contributed by atoms with Crippen LogP contribution in [0.5, 0.6) is 11.5 Å². The molecule has 0 radical (unpaired) electrons. The van der Waals surface area contributed by atoms with Crippen molar-refractivity contribution in [3.05, 3.63) is 24.3 Å². The fourth-order valence-corrected chi connectivity index (χ4v) is 2.61. The molecule has 2 unspecified atom stereocenters. The summed E-state index contributed by atoms with van der Waals surface area (Å²) in [5.41, 5.74) is 0. The van der Waals surface area contributed by atoms with Crippen molar-refractivity contribution in [3.63, 3.8) is 0 Å². The van der Waals surface area contributed by atoms with Crippen LogP contribution in [-0.2, 0) is 0 Å². The molecule has 0 spiro atoms. The minimum Gasteiger partial charge on any atom is -0.490 e. The molecule has 1 aromatic carbocycles. The number of benzene rings is 1. The van der Waals surface area contributed by atoms with Crippen LogP contribution in [0, 0.1) is 0 Å². The molecular weight excluding hydrogens is 252 g/mol. The standard InChI is InChI=1S/C17H26O3/c1-2-13-19-16-11-7-8-12-17(16)20-15-10-6-4-3-5-9-14(15)18/h7-8,11-12,14-15,18H,2-6,9-10,13H2,1H3. The van der Waals surface area contributed by atoms with E-state index in [-0.39, 0.29) is 12.2 Å². The first-order valence-electron chi connectivity index (χ1n) is 7.88. The highest BCUT2D eigenvalue weighted by molar-refractivity contribution is 5.39. The number of hydrogen-bond donors (Lipinski definition) is 1. The molecule has 0 heterocycles. The van der Waals surface area contributed by atoms with Crippen molar-refractivity contribution in [2.75, 3.05) is 6.61 Å². The molecule has 0 amide bonds. The minimum absolute atomic E-state index is 0.110. The lowest BCUT2D eigenvalue weighted by atomic mass is 9.96. The van der Waals surface area contributed by atoms with Gasteiger partial charge in [-0.05, 0) is 37.8 Å². The van der Waals surface area contributed by atoms with Gasteiger partial charge < -0.3 is 14.6 Å². The molecule has 1 N–H and O–H groups in total. The van der Waals surface area contributed by atoms with Gasteiger partial charge in [0.25, 0.3) is 0 Å². The Morgan fingerprint density at radius 1 is 1.05 bits per heavy atom. The lowest BCUT2D eigenvalue weighted by Gasteiger charge is -2.27. The molecular formula is C17H26O3. The quantitative estimate of drug-likeness (QED) is 0.886. The molecule has 1 aliphatic carbocycles. The highest BCUT2D eigenvalue weighted by atomic mass is 16.5. The van der Waals surface area contributed by atoms with E-state index in [1.165, 1.54) is 12.8 Å². The number of aliphatic hydroxyl groups excluding tert-OH is 1. The van der Waals surface area contributed by atoms with E-state index in [1.54, 1.807) is 0 Å². The molecule has 0 saturated heterocycles. The van der Waals surface area contributed by atoms with Gasteiger partial charge in [-0.1, -0.05) is 38.3 Å². The third kappa shape index (κ3) is 4.41. The van der Waals surface area contributed by atoms with Gasteiger partial charge >= 0.3 is 0 Å². The number of rotatable bonds is 5. The second kappa shape index (κ2) is 8.15. The van der Waals surface area contributed by atoms with Gasteiger partial charge in [0.05, 0.1) is 12.7 Å². The van der Waals surface area contributed by atoms with E-state index in [4.69, 9.17) is 9.47 Å². The molecule has 0 aromatic heterocycles. The monoisotopic (exact) mass is 278 g/mol. The lowest BCUT2D eigenvalue weighted by Crippen LogP contribution is -2.32. The fraction of sp³-hybridized carbons (Fsp3) is 0.647. The number of aliphatic hydroxyl groups is 1. The van der Waals surface area contributed by atoms with Gasteiger partial charge in [-0.25, -0.2) is 0 Å². The zero-order valence-electron chi connectivity index (χ0n) is 12.4. The van der Waals surface area contributed by atoms with Crippen molar-refractivity contribution >= 4 is 0 Å². The number of ether oxygens (including phenoxy) is 2. The van der Waals surface area contributed by atoms with Gasteiger partial charge in [0.1, 0.15) is 6.10 Å². The SMILES string of the molecule is CCCOc1ccccc1OC1CCCCCCC1O. The Morgan fingerprint density at radius 2 is 1.75 bits per heavy atom. The van der Waals surface area contributed by atoms with Gasteiger partial charge in [-0.3, -0.25) is 0 Å². The molecule has 3 heteroatoms. The second-order valence-corrected chi connectivity index (χ2v) is 5.51. The van der Waals surface area contributed by atoms with Crippen LogP contribution in [0.3, 0.4) is 0 Å². The van der Waals surface area contributed by atoms with Crippen LogP contribution in [0.25, 0.3) is 0 Å². The Balaban J connectivity index is 2.03. The first-order valence-corrected chi connectivity index (χ1v) is 7.88. The predicted molar refractivity (Wildman–Crippen MR) is 80.4 cm³/mol. The second-order valence-electron chi connectivity index (χ2n) is 5.51. The Labute approximate surface area is 121 Å². The zero-order chi connectivity index (χ0) is 14.2. The third-order valence-corrected chi connectivity index (χ3v) is 3.76. The maximum atomic E-state index is 10.2. The Hall–Kier alpha value is -1.22. The molecule has 1 aliphatic rings. The number of hydrogen-bond acceptors (Lipinski definition) is 3. The topological polar surface area (TPSA) is 38.7 Å². The molecule has 0 aliphatic heterocycles. The smallest absolute Gasteiger partial charge is 0.161 e. The third-order valence-electron chi connectivity index (χ3n) is 3.76. The molecule has 1 fully saturated rings. The van der Waals surface area contributed by atoms with Crippen LogP contribution < -0.4 is 9.47 Å². The number of para-hydroxylation sites is 2. The van der Waals surface area contributed by atoms with Crippen molar-refractivity contribution in [1.29, 1.82) is 0 Å². The highest BCUT2D eigenvalue weighted by Crippen LogP contribution is 2.30. The summed E-state index contributed by atoms with van der Waals surface area (Å²) in [5, 5.41) is 10.2. The molecule has 3 nitrogen and oxygen atoms in total. The predicted octanol–water partition coefficient (Wildman–Crippen LogP) is 3.94. The molecule has 112 valence electrons. The summed E-state index contributed by atoms with van der Waals surface area (Å²) in [6, 6.07) is 7.76. The average molecular weight is 278 g/mol. The molecule has 2 rings (SSSR count). The summed E-state index contributed by atoms with van der Waals surface area (Å²) < 4.78 is 11.8. The van der Waals surface area contributed by atoms with Crippen LogP contribution in [0.15, 0.2) is 24.3 Å². The van der Waals surface area contributed by atoms with Gasteiger partial charge in [-0.2, -0.15) is 0 Å². The molecule has 1 aromatic rings. The first kappa shape index (κ1) is 15.2. The van der Waals surface area contributed by atoms with Crippen molar-refractivity contribution < 1.29 is 14.6 Å². The van der Waals surface area contributed by atoms with Gasteiger partial charge in [0.2, 0.25) is 0 Å². The van der Waals surface area contributed by atoms with E-state index in [0.29, 0.717) is 6.61 Å². The van der Waals surface area contributed by atoms with Crippen LogP contribution >= 0.6 is 0 Å². The summed E-state index contributed by atoms with van der Waals surface area (Å²) in [6.07, 6.45) is 6.93. The van der Waals surface area contributed by atoms with Gasteiger partial charge in [-0.15, -0.1) is 0 Å². The lowest BCUT2D eigenvalue weighted by molar-refractivity contribution is 0.0171. The first-order chi connectivity index (χ1) is 9.81. The van der Waals surface area contributed by atoms with Crippen molar-refractivity contribution in [2.24, 2.45) is 0 Å². The van der Waals surface area contributed by atoms with Crippen LogP contribution in [0.1, 0.15) is 51.9 Å². The van der Waals surface area contributed by atoms with E-state index in [2.05, 4.69) is 6.92 Å². The van der Waals surface area contributed by atoms with E-state index in [0.717, 1.165) is 43.6 Å². The summed E-state index contributed by atoms with van der Waals surface area (Å²) in [7, 11) is 0.